The quantitative estimate of drug-likeness (QED) is 0.412. The minimum Gasteiger partial charge on any atom is -0.497 e. The van der Waals surface area contributed by atoms with E-state index in [9.17, 15) is 4.79 Å². The van der Waals surface area contributed by atoms with Crippen LogP contribution < -0.4 is 15.0 Å². The number of benzene rings is 3. The fourth-order valence-corrected chi connectivity index (χ4v) is 4.31. The van der Waals surface area contributed by atoms with E-state index in [1.54, 1.807) is 7.11 Å². The number of carbonyl (C=O) groups excluding carboxylic acids is 1. The van der Waals surface area contributed by atoms with Gasteiger partial charge in [-0.1, -0.05) is 42.5 Å². The Hall–Kier alpha value is -4.39. The zero-order chi connectivity index (χ0) is 24.9. The van der Waals surface area contributed by atoms with Gasteiger partial charge in [0.05, 0.1) is 7.11 Å². The number of aryl methyl sites for hydroxylation is 1. The van der Waals surface area contributed by atoms with Crippen LogP contribution in [0.1, 0.15) is 16.1 Å². The van der Waals surface area contributed by atoms with Crippen molar-refractivity contribution in [2.45, 2.75) is 6.92 Å². The summed E-state index contributed by atoms with van der Waals surface area (Å²) in [6, 6.07) is 27.7. The molecule has 0 saturated carbocycles. The van der Waals surface area contributed by atoms with Crippen LogP contribution in [0, 0.1) is 6.92 Å². The maximum absolute atomic E-state index is 13.1. The van der Waals surface area contributed by atoms with Crippen LogP contribution in [-0.4, -0.2) is 54.1 Å². The molecule has 1 fully saturated rings. The van der Waals surface area contributed by atoms with Gasteiger partial charge in [0, 0.05) is 49.2 Å². The highest BCUT2D eigenvalue weighted by Gasteiger charge is 2.24. The van der Waals surface area contributed by atoms with E-state index in [1.807, 2.05) is 84.6 Å². The first-order valence-corrected chi connectivity index (χ1v) is 12.1. The van der Waals surface area contributed by atoms with Gasteiger partial charge in [0.15, 0.2) is 0 Å². The Balaban J connectivity index is 1.22. The lowest BCUT2D eigenvalue weighted by atomic mass is 10.0. The fourth-order valence-electron chi connectivity index (χ4n) is 4.31. The van der Waals surface area contributed by atoms with Crippen molar-refractivity contribution in [2.24, 2.45) is 0 Å². The van der Waals surface area contributed by atoms with E-state index in [0.717, 1.165) is 34.1 Å². The van der Waals surface area contributed by atoms with Gasteiger partial charge in [-0.05, 0) is 54.4 Å². The van der Waals surface area contributed by atoms with Crippen LogP contribution in [-0.2, 0) is 0 Å². The molecular weight excluding hydrogens is 450 g/mol. The van der Waals surface area contributed by atoms with Gasteiger partial charge in [-0.3, -0.25) is 4.79 Å². The van der Waals surface area contributed by atoms with E-state index < -0.39 is 0 Å². The first-order valence-electron chi connectivity index (χ1n) is 12.1. The van der Waals surface area contributed by atoms with E-state index in [0.29, 0.717) is 37.7 Å². The van der Waals surface area contributed by atoms with Crippen LogP contribution in [0.3, 0.4) is 0 Å². The Labute approximate surface area is 211 Å². The van der Waals surface area contributed by atoms with Crippen LogP contribution in [0.4, 0.5) is 17.5 Å². The third kappa shape index (κ3) is 5.30. The number of hydrogen-bond acceptors (Lipinski definition) is 6. The zero-order valence-corrected chi connectivity index (χ0v) is 20.5. The van der Waals surface area contributed by atoms with Crippen molar-refractivity contribution in [3.8, 4) is 16.9 Å². The first-order chi connectivity index (χ1) is 17.6. The lowest BCUT2D eigenvalue weighted by molar-refractivity contribution is 0.0746. The Bertz CT molecular complexity index is 1320. The SMILES string of the molecule is COc1ccc(Nc2cc(C)nc(N3CCN(C(=O)c4ccc(-c5ccccc5)cc4)CC3)n2)cc1. The van der Waals surface area contributed by atoms with E-state index in [1.165, 1.54) is 0 Å². The molecule has 1 amide bonds. The number of piperazine rings is 1. The highest BCUT2D eigenvalue weighted by Crippen LogP contribution is 2.23. The van der Waals surface area contributed by atoms with Gasteiger partial charge in [0.1, 0.15) is 11.6 Å². The number of nitrogens with one attached hydrogen (secondary N) is 1. The second kappa shape index (κ2) is 10.5. The Morgan fingerprint density at radius 3 is 2.17 bits per heavy atom. The van der Waals surface area contributed by atoms with Crippen LogP contribution in [0.2, 0.25) is 0 Å². The third-order valence-electron chi connectivity index (χ3n) is 6.29. The summed E-state index contributed by atoms with van der Waals surface area (Å²) in [5, 5.41) is 3.34. The van der Waals surface area contributed by atoms with Gasteiger partial charge in [0.2, 0.25) is 5.95 Å². The molecule has 3 aromatic carbocycles. The molecule has 0 aliphatic carbocycles. The summed E-state index contributed by atoms with van der Waals surface area (Å²) in [7, 11) is 1.65. The second-order valence-corrected chi connectivity index (χ2v) is 8.77. The minimum atomic E-state index is 0.0567. The standard InChI is InChI=1S/C29H29N5O2/c1-21-20-27(31-25-12-14-26(36-2)15-13-25)32-29(30-21)34-18-16-33(17-19-34)28(35)24-10-8-23(9-11-24)22-6-4-3-5-7-22/h3-15,20H,16-19H2,1-2H3,(H,30,31,32). The molecule has 7 heteroatoms. The summed E-state index contributed by atoms with van der Waals surface area (Å²) in [5.74, 6) is 2.27. The highest BCUT2D eigenvalue weighted by molar-refractivity contribution is 5.95. The molecule has 1 aliphatic heterocycles. The Kier molecular flexibility index (Phi) is 6.80. The summed E-state index contributed by atoms with van der Waals surface area (Å²) in [5.41, 5.74) is 4.76. The topological polar surface area (TPSA) is 70.6 Å². The molecule has 0 spiro atoms. The number of rotatable bonds is 6. The molecule has 1 saturated heterocycles. The van der Waals surface area contributed by atoms with Crippen molar-refractivity contribution in [2.75, 3.05) is 43.5 Å². The predicted molar refractivity (Wildman–Crippen MR) is 143 cm³/mol. The Morgan fingerprint density at radius 2 is 1.50 bits per heavy atom. The van der Waals surface area contributed by atoms with Gasteiger partial charge < -0.3 is 19.9 Å². The maximum atomic E-state index is 13.1. The molecule has 0 radical (unpaired) electrons. The normalized spacial score (nSPS) is 13.4. The van der Waals surface area contributed by atoms with E-state index in [-0.39, 0.29) is 5.91 Å². The summed E-state index contributed by atoms with van der Waals surface area (Å²) in [6.07, 6.45) is 0. The molecule has 1 N–H and O–H groups in total. The minimum absolute atomic E-state index is 0.0567. The average Bonchev–Trinajstić information content (AvgIpc) is 2.93. The molecule has 0 atom stereocenters. The largest absolute Gasteiger partial charge is 0.497 e. The molecule has 0 unspecified atom stereocenters. The number of ether oxygens (including phenoxy) is 1. The van der Waals surface area contributed by atoms with Crippen LogP contribution in [0.15, 0.2) is 84.9 Å². The van der Waals surface area contributed by atoms with Crippen LogP contribution in [0.25, 0.3) is 11.1 Å². The first kappa shape index (κ1) is 23.4. The molecule has 4 aromatic rings. The lowest BCUT2D eigenvalue weighted by Crippen LogP contribution is -2.49. The summed E-state index contributed by atoms with van der Waals surface area (Å²) < 4.78 is 5.23. The van der Waals surface area contributed by atoms with Gasteiger partial charge in [-0.2, -0.15) is 4.98 Å². The number of anilines is 3. The molecular formula is C29H29N5O2. The van der Waals surface area contributed by atoms with Gasteiger partial charge >= 0.3 is 0 Å². The lowest BCUT2D eigenvalue weighted by Gasteiger charge is -2.35. The molecule has 1 aliphatic rings. The highest BCUT2D eigenvalue weighted by atomic mass is 16.5. The summed E-state index contributed by atoms with van der Waals surface area (Å²) >= 11 is 0. The van der Waals surface area contributed by atoms with E-state index in [2.05, 4.69) is 27.3 Å². The van der Waals surface area contributed by atoms with Crippen molar-refractivity contribution in [1.29, 1.82) is 0 Å². The maximum Gasteiger partial charge on any atom is 0.253 e. The number of methoxy groups -OCH3 is 1. The molecule has 1 aromatic heterocycles. The van der Waals surface area contributed by atoms with Gasteiger partial charge in [-0.15, -0.1) is 0 Å². The smallest absolute Gasteiger partial charge is 0.253 e. The average molecular weight is 480 g/mol. The number of carbonyl (C=O) groups is 1. The number of aromatic nitrogens is 2. The molecule has 5 rings (SSSR count). The van der Waals surface area contributed by atoms with E-state index in [4.69, 9.17) is 9.72 Å². The molecule has 182 valence electrons. The molecule has 0 bridgehead atoms. The van der Waals surface area contributed by atoms with Crippen LogP contribution in [0.5, 0.6) is 5.75 Å². The van der Waals surface area contributed by atoms with Crippen molar-refractivity contribution < 1.29 is 9.53 Å². The zero-order valence-electron chi connectivity index (χ0n) is 20.5. The van der Waals surface area contributed by atoms with Crippen molar-refractivity contribution in [3.63, 3.8) is 0 Å². The predicted octanol–water partition coefficient (Wildman–Crippen LogP) is 5.17. The van der Waals surface area contributed by atoms with Gasteiger partial charge in [-0.25, -0.2) is 4.98 Å². The number of amides is 1. The molecule has 2 heterocycles. The third-order valence-corrected chi connectivity index (χ3v) is 6.29. The molecule has 7 nitrogen and oxygen atoms in total. The Morgan fingerprint density at radius 1 is 0.833 bits per heavy atom. The fraction of sp³-hybridized carbons (Fsp3) is 0.207. The van der Waals surface area contributed by atoms with E-state index >= 15 is 0 Å². The van der Waals surface area contributed by atoms with Crippen molar-refractivity contribution >= 4 is 23.4 Å². The van der Waals surface area contributed by atoms with Crippen molar-refractivity contribution in [3.05, 3.63) is 96.2 Å². The van der Waals surface area contributed by atoms with Gasteiger partial charge in [0.25, 0.3) is 5.91 Å². The monoisotopic (exact) mass is 479 g/mol. The summed E-state index contributed by atoms with van der Waals surface area (Å²) in [4.78, 5) is 26.5. The number of hydrogen-bond donors (Lipinski definition) is 1. The molecule has 36 heavy (non-hydrogen) atoms. The summed E-state index contributed by atoms with van der Waals surface area (Å²) in [6.45, 7) is 4.57. The second-order valence-electron chi connectivity index (χ2n) is 8.77. The van der Waals surface area contributed by atoms with Crippen molar-refractivity contribution in [1.82, 2.24) is 14.9 Å². The van der Waals surface area contributed by atoms with Crippen LogP contribution >= 0.6 is 0 Å². The number of nitrogens with zero attached hydrogens (tertiary/aromatic N) is 4.